The Labute approximate surface area is 531 Å². The third-order valence-corrected chi connectivity index (χ3v) is 16.7. The Morgan fingerprint density at radius 3 is 0.691 bits per heavy atom. The average Bonchev–Trinajstić information content (AvgIpc) is 0.719. The summed E-state index contributed by atoms with van der Waals surface area (Å²) < 4.78 is 0. The first-order valence-corrected chi connectivity index (χ1v) is 29.2. The van der Waals surface area contributed by atoms with Crippen LogP contribution in [0.25, 0.3) is 21.5 Å². The highest BCUT2D eigenvalue weighted by molar-refractivity contribution is 6.44. The van der Waals surface area contributed by atoms with E-state index in [0.29, 0.717) is 34.1 Å². The molecule has 0 saturated carbocycles. The Morgan fingerprint density at radius 1 is 0.213 bits per heavy atom. The lowest BCUT2D eigenvalue weighted by Gasteiger charge is -2.32. The molecule has 11 aromatic rings. The van der Waals surface area contributed by atoms with Crippen molar-refractivity contribution in [3.63, 3.8) is 0 Å². The van der Waals surface area contributed by atoms with Crippen molar-refractivity contribution >= 4 is 138 Å². The molecule has 0 atom stereocenters. The summed E-state index contributed by atoms with van der Waals surface area (Å²) in [5.74, 6) is -7.28. The van der Waals surface area contributed by atoms with Gasteiger partial charge in [0.15, 0.2) is 0 Å². The Morgan fingerprint density at radius 2 is 0.436 bits per heavy atom. The molecule has 0 unspecified atom stereocenters. The maximum atomic E-state index is 14.1. The number of imide groups is 4. The van der Waals surface area contributed by atoms with E-state index in [2.05, 4.69) is 21.3 Å². The van der Waals surface area contributed by atoms with Gasteiger partial charge in [-0.2, -0.15) is 0 Å². The van der Waals surface area contributed by atoms with Gasteiger partial charge in [0.1, 0.15) is 0 Å². The number of para-hydroxylation sites is 2. The average molecular weight is 1240 g/mol. The second-order valence-corrected chi connectivity index (χ2v) is 22.2. The summed E-state index contributed by atoms with van der Waals surface area (Å²) in [6.07, 6.45) is 0. The van der Waals surface area contributed by atoms with E-state index in [1.54, 1.807) is 97.1 Å². The summed E-state index contributed by atoms with van der Waals surface area (Å²) >= 11 is 0. The van der Waals surface area contributed by atoms with Crippen LogP contribution in [0.4, 0.5) is 45.5 Å². The van der Waals surface area contributed by atoms with Crippen molar-refractivity contribution in [2.45, 2.75) is 0 Å². The zero-order valence-electron chi connectivity index (χ0n) is 48.6. The second-order valence-electron chi connectivity index (χ2n) is 22.2. The van der Waals surface area contributed by atoms with Crippen molar-refractivity contribution < 1.29 is 57.5 Å². The number of hydrogen-bond donors (Lipinski definition) is 4. The van der Waals surface area contributed by atoms with Crippen LogP contribution in [0.3, 0.4) is 0 Å². The minimum atomic E-state index is -0.680. The molecule has 0 bridgehead atoms. The van der Waals surface area contributed by atoms with Crippen LogP contribution in [-0.2, 0) is 0 Å². The Bertz CT molecular complexity index is 4840. The van der Waals surface area contributed by atoms with E-state index in [-0.39, 0.29) is 99.7 Å². The molecule has 0 spiro atoms. The minimum Gasteiger partial charge on any atom is -0.322 e. The molecule has 450 valence electrons. The van der Waals surface area contributed by atoms with E-state index in [1.807, 2.05) is 0 Å². The highest BCUT2D eigenvalue weighted by atomic mass is 16.2. The van der Waals surface area contributed by atoms with Gasteiger partial charge in [-0.05, 0) is 176 Å². The lowest BCUT2D eigenvalue weighted by molar-refractivity contribution is 0.0873. The topological polar surface area (TPSA) is 266 Å². The molecule has 94 heavy (non-hydrogen) atoms. The Kier molecular flexibility index (Phi) is 13.4. The molecular weight excluding hydrogens is 1190 g/mol. The van der Waals surface area contributed by atoms with Crippen LogP contribution in [0.1, 0.15) is 124 Å². The van der Waals surface area contributed by atoms with E-state index in [4.69, 9.17) is 0 Å². The van der Waals surface area contributed by atoms with Gasteiger partial charge in [-0.1, -0.05) is 54.6 Å². The van der Waals surface area contributed by atoms with E-state index in [1.165, 1.54) is 133 Å². The van der Waals surface area contributed by atoms with Gasteiger partial charge in [-0.3, -0.25) is 57.5 Å². The van der Waals surface area contributed by atoms with Crippen LogP contribution < -0.4 is 40.9 Å². The quantitative estimate of drug-likeness (QED) is 0.0832. The van der Waals surface area contributed by atoms with Gasteiger partial charge in [-0.25, -0.2) is 19.6 Å². The monoisotopic (exact) mass is 1230 g/mol. The van der Waals surface area contributed by atoms with Gasteiger partial charge >= 0.3 is 0 Å². The molecule has 4 heterocycles. The summed E-state index contributed by atoms with van der Waals surface area (Å²) in [4.78, 5) is 170. The number of carbonyl (C=O) groups is 12. The summed E-state index contributed by atoms with van der Waals surface area (Å²) in [5, 5.41) is 12.0. The molecule has 4 aliphatic rings. The predicted molar refractivity (Wildman–Crippen MR) is 349 cm³/mol. The van der Waals surface area contributed by atoms with Crippen LogP contribution in [0.5, 0.6) is 0 Å². The van der Waals surface area contributed by atoms with E-state index < -0.39 is 70.9 Å². The number of benzene rings is 11. The molecule has 0 saturated heterocycles. The van der Waals surface area contributed by atoms with Crippen LogP contribution in [0.2, 0.25) is 0 Å². The third kappa shape index (κ3) is 9.32. The van der Waals surface area contributed by atoms with Gasteiger partial charge in [-0.15, -0.1) is 0 Å². The fraction of sp³-hybridized carbons (Fsp3) is 0. The molecule has 0 aromatic heterocycles. The van der Waals surface area contributed by atoms with Crippen molar-refractivity contribution in [1.29, 1.82) is 0 Å². The SMILES string of the molecule is O=C(Nc1cccc(NC(=O)c2cccc(C(=O)Nc3cccc(NC(=O)c4ccc(N5C(=O)c6ccc7c8c(ccc(c68)C5=O)C(=O)N(c5ccccc5)C7=O)cc4)c3)c2)c1)c1ccc(N2C(=O)c3ccc4c5c(ccc(c35)C2=O)C(=O)N(c2ccccc2)C4=O)cc1. The van der Waals surface area contributed by atoms with Gasteiger partial charge < -0.3 is 21.3 Å². The molecule has 12 amide bonds. The van der Waals surface area contributed by atoms with Gasteiger partial charge in [0, 0.05) is 111 Å². The zero-order chi connectivity index (χ0) is 64.8. The number of amides is 12. The van der Waals surface area contributed by atoms with Gasteiger partial charge in [0.05, 0.1) is 22.7 Å². The normalized spacial score (nSPS) is 13.8. The fourth-order valence-corrected chi connectivity index (χ4v) is 12.3. The molecule has 11 aromatic carbocycles. The Hall–Kier alpha value is -13.6. The molecule has 0 aliphatic carbocycles. The minimum absolute atomic E-state index is 0.123. The summed E-state index contributed by atoms with van der Waals surface area (Å²) in [5.41, 5.74) is 4.16. The van der Waals surface area contributed by atoms with Crippen molar-refractivity contribution in [2.75, 3.05) is 40.9 Å². The molecule has 20 heteroatoms. The molecule has 4 aliphatic heterocycles. The van der Waals surface area contributed by atoms with Crippen molar-refractivity contribution in [3.05, 3.63) is 297 Å². The lowest BCUT2D eigenvalue weighted by atomic mass is 9.85. The predicted octanol–water partition coefficient (Wildman–Crippen LogP) is 12.2. The summed E-state index contributed by atoms with van der Waals surface area (Å²) in [6, 6.07) is 59.0. The fourth-order valence-electron chi connectivity index (χ4n) is 12.3. The van der Waals surface area contributed by atoms with Gasteiger partial charge in [0.2, 0.25) is 0 Å². The number of anilines is 8. The maximum absolute atomic E-state index is 14.1. The molecule has 0 fully saturated rings. The lowest BCUT2D eigenvalue weighted by Crippen LogP contribution is -2.43. The standard InChI is InChI=1S/C74H42N8O12/c83-63(39-20-24-49(25-21-39)81-71(91)55-32-28-51-59-52(29-33-56(61(55)59)72(81)92)68(88)79(67(51)87)47-16-3-1-4-17-47)75-43-12-8-14-45(37-43)77-65(85)41-10-7-11-42(36-41)66(86)78-46-15-9-13-44(38-46)76-64(84)40-22-26-50(27-23-40)82-73(93)57-34-30-53-60-54(31-35-58(62(57)60)74(82)94)70(90)80(69(53)89)48-18-5-2-6-19-48/h1-38H,(H,75,83)(H,76,84)(H,77,85)(H,78,86). The highest BCUT2D eigenvalue weighted by Gasteiger charge is 2.43. The van der Waals surface area contributed by atoms with Crippen LogP contribution in [-0.4, -0.2) is 70.9 Å². The Balaban J connectivity index is 0.564. The molecular formula is C74H42N8O12. The smallest absolute Gasteiger partial charge is 0.265 e. The van der Waals surface area contributed by atoms with Gasteiger partial charge in [0.25, 0.3) is 70.9 Å². The van der Waals surface area contributed by atoms with Crippen molar-refractivity contribution in [1.82, 2.24) is 0 Å². The van der Waals surface area contributed by atoms with E-state index in [0.717, 1.165) is 19.6 Å². The van der Waals surface area contributed by atoms with Crippen LogP contribution in [0.15, 0.2) is 231 Å². The largest absolute Gasteiger partial charge is 0.322 e. The summed E-state index contributed by atoms with van der Waals surface area (Å²) in [7, 11) is 0. The van der Waals surface area contributed by atoms with Crippen molar-refractivity contribution in [3.8, 4) is 0 Å². The molecule has 4 N–H and O–H groups in total. The van der Waals surface area contributed by atoms with E-state index in [9.17, 15) is 57.5 Å². The third-order valence-electron chi connectivity index (χ3n) is 16.7. The van der Waals surface area contributed by atoms with E-state index >= 15 is 0 Å². The first kappa shape index (κ1) is 56.9. The number of rotatable bonds is 12. The van der Waals surface area contributed by atoms with Crippen LogP contribution in [0, 0.1) is 0 Å². The summed E-state index contributed by atoms with van der Waals surface area (Å²) in [6.45, 7) is 0. The number of nitrogens with zero attached hydrogens (tertiary/aromatic N) is 4. The molecule has 0 radical (unpaired) electrons. The first-order valence-electron chi connectivity index (χ1n) is 29.2. The number of nitrogens with one attached hydrogen (secondary N) is 4. The van der Waals surface area contributed by atoms with Crippen LogP contribution >= 0.6 is 0 Å². The maximum Gasteiger partial charge on any atom is 0.265 e. The highest BCUT2D eigenvalue weighted by Crippen LogP contribution is 2.43. The second kappa shape index (κ2) is 22.1. The number of hydrogen-bond acceptors (Lipinski definition) is 12. The molecule has 15 rings (SSSR count). The zero-order valence-corrected chi connectivity index (χ0v) is 48.6. The first-order chi connectivity index (χ1) is 45.6. The molecule has 20 nitrogen and oxygen atoms in total. The van der Waals surface area contributed by atoms with Crippen molar-refractivity contribution in [2.24, 2.45) is 0 Å². The number of carbonyl (C=O) groups excluding carboxylic acids is 12.